The number of unbranched alkanes of at least 4 members (excludes halogenated alkanes) is 8. The maximum Gasteiger partial charge on any atom is 0.0728 e. The van der Waals surface area contributed by atoms with Gasteiger partial charge in [-0.3, -0.25) is 0 Å². The van der Waals surface area contributed by atoms with Gasteiger partial charge in [0.1, 0.15) is 0 Å². The second kappa shape index (κ2) is 26.5. The molecule has 0 rings (SSSR count). The van der Waals surface area contributed by atoms with Crippen molar-refractivity contribution in [3.05, 3.63) is 0 Å². The highest BCUT2D eigenvalue weighted by Gasteiger charge is 2.24. The van der Waals surface area contributed by atoms with Gasteiger partial charge in [-0.15, -0.1) is 0 Å². The normalized spacial score (nSPS) is 13.8. The summed E-state index contributed by atoms with van der Waals surface area (Å²) in [5.74, 6) is 2.35. The third-order valence-corrected chi connectivity index (χ3v) is 19.6. The standard InChI is InChI=1S/C26H58O2S3Si2/c1-7-11-15-19-32(20-16-12-8-2)25(27-5)23-29-31-30-24-26(28-6)33(21-17-13-9-3)22-18-14-10-4/h25-26,32-33H,7-24H2,1-6H3. The van der Waals surface area contributed by atoms with Crippen LogP contribution in [0.15, 0.2) is 0 Å². The van der Waals surface area contributed by atoms with Gasteiger partial charge in [0.15, 0.2) is 0 Å². The van der Waals surface area contributed by atoms with Crippen LogP contribution in [0.2, 0.25) is 24.2 Å². The van der Waals surface area contributed by atoms with Crippen LogP contribution >= 0.6 is 31.4 Å². The number of rotatable bonds is 26. The molecule has 0 aromatic rings. The third kappa shape index (κ3) is 19.2. The third-order valence-electron chi connectivity index (χ3n) is 6.93. The summed E-state index contributed by atoms with van der Waals surface area (Å²) in [6.45, 7) is 9.28. The molecule has 0 aliphatic rings. The number of hydrogen-bond acceptors (Lipinski definition) is 5. The van der Waals surface area contributed by atoms with Gasteiger partial charge >= 0.3 is 0 Å². The Morgan fingerprint density at radius 3 is 1.06 bits per heavy atom. The van der Waals surface area contributed by atoms with Crippen LogP contribution in [0.5, 0.6) is 0 Å². The average molecular weight is 555 g/mol. The Morgan fingerprint density at radius 2 is 0.818 bits per heavy atom. The molecule has 0 aliphatic heterocycles. The van der Waals surface area contributed by atoms with E-state index in [0.29, 0.717) is 11.5 Å². The molecule has 2 nitrogen and oxygen atoms in total. The predicted molar refractivity (Wildman–Crippen MR) is 166 cm³/mol. The predicted octanol–water partition coefficient (Wildman–Crippen LogP) is 9.34. The number of ether oxygens (including phenoxy) is 2. The Morgan fingerprint density at radius 1 is 0.515 bits per heavy atom. The van der Waals surface area contributed by atoms with Gasteiger partial charge in [0.25, 0.3) is 0 Å². The molecule has 0 bridgehead atoms. The summed E-state index contributed by atoms with van der Waals surface area (Å²) in [7, 11) is 8.39. The van der Waals surface area contributed by atoms with Crippen molar-refractivity contribution < 1.29 is 9.47 Å². The fraction of sp³-hybridized carbons (Fsp3) is 1.00. The molecule has 0 amide bonds. The lowest BCUT2D eigenvalue weighted by Gasteiger charge is -2.26. The fourth-order valence-electron chi connectivity index (χ4n) is 4.68. The zero-order chi connectivity index (χ0) is 24.6. The summed E-state index contributed by atoms with van der Waals surface area (Å²) >= 11 is 0. The highest BCUT2D eigenvalue weighted by Crippen LogP contribution is 2.37. The van der Waals surface area contributed by atoms with Crippen molar-refractivity contribution in [1.82, 2.24) is 0 Å². The molecule has 0 saturated heterocycles. The monoisotopic (exact) mass is 554 g/mol. The molecular formula is C26H58O2S3Si2. The van der Waals surface area contributed by atoms with Gasteiger partial charge in [0, 0.05) is 25.7 Å². The van der Waals surface area contributed by atoms with E-state index < -0.39 is 17.6 Å². The second-order valence-electron chi connectivity index (χ2n) is 9.69. The van der Waals surface area contributed by atoms with Gasteiger partial charge in [0.05, 0.1) is 29.0 Å². The molecule has 200 valence electrons. The van der Waals surface area contributed by atoms with Crippen LogP contribution in [-0.2, 0) is 9.47 Å². The van der Waals surface area contributed by atoms with E-state index in [1.54, 1.807) is 0 Å². The smallest absolute Gasteiger partial charge is 0.0728 e. The van der Waals surface area contributed by atoms with E-state index in [1.807, 2.05) is 45.6 Å². The molecule has 0 radical (unpaired) electrons. The lowest BCUT2D eigenvalue weighted by Crippen LogP contribution is -2.35. The number of methoxy groups -OCH3 is 2. The Kier molecular flexibility index (Phi) is 27.6. The van der Waals surface area contributed by atoms with Crippen LogP contribution in [0, 0.1) is 0 Å². The first kappa shape index (κ1) is 34.4. The maximum atomic E-state index is 6.07. The van der Waals surface area contributed by atoms with Crippen molar-refractivity contribution in [3.8, 4) is 0 Å². The fourth-order valence-corrected chi connectivity index (χ4v) is 18.0. The lowest BCUT2D eigenvalue weighted by atomic mass is 10.3. The first-order chi connectivity index (χ1) is 16.2. The van der Waals surface area contributed by atoms with Crippen molar-refractivity contribution in [2.75, 3.05) is 25.7 Å². The minimum absolute atomic E-state index is 0.542. The molecule has 2 atom stereocenters. The quantitative estimate of drug-likeness (QED) is 0.0600. The summed E-state index contributed by atoms with van der Waals surface area (Å²) < 4.78 is 12.1. The molecular weight excluding hydrogens is 497 g/mol. The molecule has 0 saturated carbocycles. The van der Waals surface area contributed by atoms with Gasteiger partial charge in [-0.05, 0) is 9.83 Å². The van der Waals surface area contributed by atoms with Crippen molar-refractivity contribution in [1.29, 1.82) is 0 Å². The Hall–Kier alpha value is 1.40. The van der Waals surface area contributed by atoms with Crippen molar-refractivity contribution >= 4 is 49.0 Å². The average Bonchev–Trinajstić information content (AvgIpc) is 2.83. The highest BCUT2D eigenvalue weighted by atomic mass is 33.5. The van der Waals surface area contributed by atoms with Crippen molar-refractivity contribution in [3.63, 3.8) is 0 Å². The van der Waals surface area contributed by atoms with E-state index >= 15 is 0 Å². The summed E-state index contributed by atoms with van der Waals surface area (Å²) in [4.78, 5) is 0. The van der Waals surface area contributed by atoms with Gasteiger partial charge < -0.3 is 9.47 Å². The van der Waals surface area contributed by atoms with Crippen LogP contribution < -0.4 is 0 Å². The Balaban J connectivity index is 4.49. The zero-order valence-electron chi connectivity index (χ0n) is 23.1. The minimum Gasteiger partial charge on any atom is -0.384 e. The molecule has 0 aromatic carbocycles. The highest BCUT2D eigenvalue weighted by molar-refractivity contribution is 9.09. The topological polar surface area (TPSA) is 18.5 Å². The van der Waals surface area contributed by atoms with E-state index in [4.69, 9.17) is 9.47 Å². The SMILES string of the molecule is CCCCC[SiH](CCCCC)C(CSSSCC(OC)[SiH](CCCCC)CCCCC)OC. The maximum absolute atomic E-state index is 6.07. The summed E-state index contributed by atoms with van der Waals surface area (Å²) in [5.41, 5.74) is 1.08. The molecule has 0 aromatic heterocycles. The first-order valence-corrected chi connectivity index (χ1v) is 22.6. The molecule has 0 heterocycles. The van der Waals surface area contributed by atoms with Gasteiger partial charge in [-0.2, -0.15) is 0 Å². The van der Waals surface area contributed by atoms with Crippen molar-refractivity contribution in [2.45, 2.75) is 140 Å². The molecule has 7 heteroatoms. The van der Waals surface area contributed by atoms with Crippen LogP contribution in [0.1, 0.15) is 105 Å². The summed E-state index contributed by atoms with van der Waals surface area (Å²) in [6.07, 6.45) is 16.6. The van der Waals surface area contributed by atoms with Gasteiger partial charge in [0.2, 0.25) is 0 Å². The van der Waals surface area contributed by atoms with E-state index in [0.717, 1.165) is 0 Å². The molecule has 0 spiro atoms. The molecule has 0 fully saturated rings. The van der Waals surface area contributed by atoms with Crippen LogP contribution in [0.3, 0.4) is 0 Å². The molecule has 0 aliphatic carbocycles. The van der Waals surface area contributed by atoms with Crippen LogP contribution in [0.25, 0.3) is 0 Å². The minimum atomic E-state index is -0.822. The van der Waals surface area contributed by atoms with E-state index in [9.17, 15) is 0 Å². The molecule has 0 N–H and O–H groups in total. The summed E-state index contributed by atoms with van der Waals surface area (Å²) in [5, 5.41) is 0. The second-order valence-corrected chi connectivity index (χ2v) is 20.8. The van der Waals surface area contributed by atoms with E-state index in [1.165, 1.54) is 113 Å². The van der Waals surface area contributed by atoms with Gasteiger partial charge in [-0.1, -0.05) is 151 Å². The molecule has 2 unspecified atom stereocenters. The number of hydrogen-bond donors (Lipinski definition) is 0. The Bertz CT molecular complexity index is 341. The van der Waals surface area contributed by atoms with Crippen LogP contribution in [0.4, 0.5) is 0 Å². The van der Waals surface area contributed by atoms with Gasteiger partial charge in [-0.25, -0.2) is 0 Å². The van der Waals surface area contributed by atoms with E-state index in [-0.39, 0.29) is 0 Å². The lowest BCUT2D eigenvalue weighted by molar-refractivity contribution is 0.178. The zero-order valence-corrected chi connectivity index (χ0v) is 27.8. The van der Waals surface area contributed by atoms with E-state index in [2.05, 4.69) is 27.7 Å². The van der Waals surface area contributed by atoms with Crippen LogP contribution in [-0.4, -0.2) is 54.8 Å². The summed E-state index contributed by atoms with van der Waals surface area (Å²) in [6, 6.07) is 5.90. The largest absolute Gasteiger partial charge is 0.384 e. The first-order valence-electron chi connectivity index (χ1n) is 14.1. The molecule has 33 heavy (non-hydrogen) atoms. The van der Waals surface area contributed by atoms with Crippen molar-refractivity contribution in [2.24, 2.45) is 0 Å². The Labute approximate surface area is 223 Å².